The molecule has 7 nitrogen and oxygen atoms in total. The molecule has 0 bridgehead atoms. The first-order valence-electron chi connectivity index (χ1n) is 9.96. The van der Waals surface area contributed by atoms with Crippen LogP contribution >= 0.6 is 0 Å². The van der Waals surface area contributed by atoms with E-state index in [1.807, 2.05) is 11.0 Å². The fraction of sp³-hybridized carbons (Fsp3) is 0.650. The van der Waals surface area contributed by atoms with Crippen LogP contribution in [0.25, 0.3) is 0 Å². The van der Waals surface area contributed by atoms with Gasteiger partial charge >= 0.3 is 0 Å². The van der Waals surface area contributed by atoms with Gasteiger partial charge in [-0.3, -0.25) is 24.7 Å². The molecule has 2 heterocycles. The van der Waals surface area contributed by atoms with E-state index >= 15 is 0 Å². The third kappa shape index (κ3) is 4.84. The Kier molecular flexibility index (Phi) is 6.44. The zero-order valence-electron chi connectivity index (χ0n) is 16.3. The molecule has 2 aliphatic heterocycles. The molecule has 2 fully saturated rings. The van der Waals surface area contributed by atoms with Gasteiger partial charge in [0.1, 0.15) is 0 Å². The van der Waals surface area contributed by atoms with E-state index in [2.05, 4.69) is 23.6 Å². The van der Waals surface area contributed by atoms with E-state index in [1.165, 1.54) is 12.5 Å². The molecule has 3 rings (SSSR count). The molecule has 27 heavy (non-hydrogen) atoms. The smallest absolute Gasteiger partial charge is 0.269 e. The standard InChI is InChI=1S/C20H30N4O3/c1-16-6-3-4-9-23(16)20(25)15-21-10-12-22(13-11-21)17(2)18-7-5-8-19(14-18)24(26)27/h5,7-8,14,16-17H,3-4,6,9-13,15H2,1-2H3/t16-,17-/m0/s1. The molecular formula is C20H30N4O3. The number of piperidine rings is 1. The largest absolute Gasteiger partial charge is 0.339 e. The maximum atomic E-state index is 12.6. The van der Waals surface area contributed by atoms with Crippen molar-refractivity contribution in [3.8, 4) is 0 Å². The maximum Gasteiger partial charge on any atom is 0.269 e. The summed E-state index contributed by atoms with van der Waals surface area (Å²) in [7, 11) is 0. The van der Waals surface area contributed by atoms with Crippen LogP contribution in [0.4, 0.5) is 5.69 Å². The number of nitro benzene ring substituents is 1. The van der Waals surface area contributed by atoms with Crippen LogP contribution in [0.5, 0.6) is 0 Å². The summed E-state index contributed by atoms with van der Waals surface area (Å²) in [6, 6.07) is 7.38. The number of nitrogens with zero attached hydrogens (tertiary/aromatic N) is 4. The van der Waals surface area contributed by atoms with Crippen LogP contribution in [0.1, 0.15) is 44.7 Å². The number of likely N-dealkylation sites (tertiary alicyclic amines) is 1. The van der Waals surface area contributed by atoms with Gasteiger partial charge < -0.3 is 4.90 Å². The Morgan fingerprint density at radius 1 is 1.22 bits per heavy atom. The molecule has 2 aliphatic rings. The number of non-ortho nitro benzene ring substituents is 1. The second-order valence-electron chi connectivity index (χ2n) is 7.77. The van der Waals surface area contributed by atoms with E-state index in [0.29, 0.717) is 12.6 Å². The zero-order chi connectivity index (χ0) is 19.4. The lowest BCUT2D eigenvalue weighted by molar-refractivity contribution is -0.385. The van der Waals surface area contributed by atoms with E-state index < -0.39 is 0 Å². The summed E-state index contributed by atoms with van der Waals surface area (Å²) in [5, 5.41) is 11.0. The summed E-state index contributed by atoms with van der Waals surface area (Å²) >= 11 is 0. The highest BCUT2D eigenvalue weighted by Crippen LogP contribution is 2.25. The Balaban J connectivity index is 1.51. The number of benzene rings is 1. The number of carbonyl (C=O) groups excluding carboxylic acids is 1. The molecule has 2 saturated heterocycles. The van der Waals surface area contributed by atoms with Crippen LogP contribution < -0.4 is 0 Å². The second kappa shape index (κ2) is 8.80. The summed E-state index contributed by atoms with van der Waals surface area (Å²) in [6.45, 7) is 9.08. The molecule has 0 saturated carbocycles. The fourth-order valence-electron chi connectivity index (χ4n) is 4.17. The molecule has 0 aromatic heterocycles. The van der Waals surface area contributed by atoms with E-state index in [0.717, 1.165) is 51.1 Å². The molecule has 1 amide bonds. The maximum absolute atomic E-state index is 12.6. The molecular weight excluding hydrogens is 344 g/mol. The lowest BCUT2D eigenvalue weighted by atomic mass is 10.0. The fourth-order valence-corrected chi connectivity index (χ4v) is 4.17. The van der Waals surface area contributed by atoms with Crippen LogP contribution in [-0.4, -0.2) is 70.8 Å². The molecule has 2 atom stereocenters. The van der Waals surface area contributed by atoms with E-state index in [9.17, 15) is 14.9 Å². The quantitative estimate of drug-likeness (QED) is 0.585. The third-order valence-corrected chi connectivity index (χ3v) is 6.00. The molecule has 0 radical (unpaired) electrons. The van der Waals surface area contributed by atoms with Crippen molar-refractivity contribution in [1.82, 2.24) is 14.7 Å². The molecule has 1 aromatic carbocycles. The molecule has 0 unspecified atom stereocenters. The van der Waals surface area contributed by atoms with Gasteiger partial charge in [-0.1, -0.05) is 12.1 Å². The number of nitro groups is 1. The number of rotatable bonds is 5. The first-order chi connectivity index (χ1) is 13.0. The van der Waals surface area contributed by atoms with Crippen molar-refractivity contribution in [2.24, 2.45) is 0 Å². The van der Waals surface area contributed by atoms with Crippen molar-refractivity contribution in [2.75, 3.05) is 39.3 Å². The number of piperazine rings is 1. The Labute approximate surface area is 161 Å². The molecule has 7 heteroatoms. The minimum Gasteiger partial charge on any atom is -0.339 e. The average Bonchev–Trinajstić information content (AvgIpc) is 2.68. The van der Waals surface area contributed by atoms with Crippen molar-refractivity contribution >= 4 is 11.6 Å². The summed E-state index contributed by atoms with van der Waals surface area (Å²) in [5.74, 6) is 0.252. The average molecular weight is 374 g/mol. The van der Waals surface area contributed by atoms with Gasteiger partial charge in [-0.2, -0.15) is 0 Å². The van der Waals surface area contributed by atoms with E-state index in [-0.39, 0.29) is 22.6 Å². The highest BCUT2D eigenvalue weighted by atomic mass is 16.6. The van der Waals surface area contributed by atoms with Crippen LogP contribution in [0.2, 0.25) is 0 Å². The normalized spacial score (nSPS) is 23.2. The van der Waals surface area contributed by atoms with Gasteiger partial charge in [0.25, 0.3) is 5.69 Å². The SMILES string of the molecule is C[C@@H](c1cccc([N+](=O)[O-])c1)N1CCN(CC(=O)N2CCCC[C@@H]2C)CC1. The topological polar surface area (TPSA) is 69.9 Å². The number of amides is 1. The van der Waals surface area contributed by atoms with E-state index in [1.54, 1.807) is 12.1 Å². The van der Waals surface area contributed by atoms with Gasteiger partial charge in [0.05, 0.1) is 11.5 Å². The van der Waals surface area contributed by atoms with Gasteiger partial charge in [0.15, 0.2) is 0 Å². The first kappa shape index (κ1) is 19.8. The predicted molar refractivity (Wildman–Crippen MR) is 105 cm³/mol. The number of hydrogen-bond donors (Lipinski definition) is 0. The van der Waals surface area contributed by atoms with E-state index in [4.69, 9.17) is 0 Å². The summed E-state index contributed by atoms with van der Waals surface area (Å²) in [4.78, 5) is 29.9. The highest BCUT2D eigenvalue weighted by molar-refractivity contribution is 5.78. The molecule has 1 aromatic rings. The Morgan fingerprint density at radius 3 is 2.63 bits per heavy atom. The van der Waals surface area contributed by atoms with Crippen molar-refractivity contribution in [2.45, 2.75) is 45.2 Å². The number of carbonyl (C=O) groups is 1. The Hall–Kier alpha value is -1.99. The molecule has 0 N–H and O–H groups in total. The van der Waals surface area contributed by atoms with Crippen molar-refractivity contribution in [1.29, 1.82) is 0 Å². The van der Waals surface area contributed by atoms with Crippen LogP contribution in [-0.2, 0) is 4.79 Å². The minimum atomic E-state index is -0.346. The van der Waals surface area contributed by atoms with Crippen LogP contribution in [0.3, 0.4) is 0 Å². The van der Waals surface area contributed by atoms with Gasteiger partial charge in [-0.05, 0) is 38.7 Å². The predicted octanol–water partition coefficient (Wildman–Crippen LogP) is 2.67. The second-order valence-corrected chi connectivity index (χ2v) is 7.77. The first-order valence-corrected chi connectivity index (χ1v) is 9.96. The van der Waals surface area contributed by atoms with Crippen molar-refractivity contribution < 1.29 is 9.72 Å². The van der Waals surface area contributed by atoms with Crippen LogP contribution in [0, 0.1) is 10.1 Å². The van der Waals surface area contributed by atoms with Gasteiger partial charge in [-0.25, -0.2) is 0 Å². The van der Waals surface area contributed by atoms with Crippen LogP contribution in [0.15, 0.2) is 24.3 Å². The van der Waals surface area contributed by atoms with Gasteiger partial charge in [0.2, 0.25) is 5.91 Å². The molecule has 0 spiro atoms. The Morgan fingerprint density at radius 2 is 1.96 bits per heavy atom. The molecule has 0 aliphatic carbocycles. The number of hydrogen-bond acceptors (Lipinski definition) is 5. The Bertz CT molecular complexity index is 673. The lowest BCUT2D eigenvalue weighted by Crippen LogP contribution is -2.52. The highest BCUT2D eigenvalue weighted by Gasteiger charge is 2.27. The monoisotopic (exact) mass is 374 g/mol. The summed E-state index contributed by atoms with van der Waals surface area (Å²) in [6.07, 6.45) is 3.45. The van der Waals surface area contributed by atoms with Gasteiger partial charge in [0, 0.05) is 56.9 Å². The van der Waals surface area contributed by atoms with Crippen molar-refractivity contribution in [3.05, 3.63) is 39.9 Å². The third-order valence-electron chi connectivity index (χ3n) is 6.00. The van der Waals surface area contributed by atoms with Gasteiger partial charge in [-0.15, -0.1) is 0 Å². The lowest BCUT2D eigenvalue weighted by Gasteiger charge is -2.39. The summed E-state index contributed by atoms with van der Waals surface area (Å²) < 4.78 is 0. The zero-order valence-corrected chi connectivity index (χ0v) is 16.3. The molecule has 148 valence electrons. The minimum absolute atomic E-state index is 0.130. The summed E-state index contributed by atoms with van der Waals surface area (Å²) in [5.41, 5.74) is 1.11. The van der Waals surface area contributed by atoms with Crippen molar-refractivity contribution in [3.63, 3.8) is 0 Å².